The number of thiazole rings is 1. The number of nitrogens with one attached hydrogen (secondary N) is 2. The Morgan fingerprint density at radius 1 is 1.42 bits per heavy atom. The maximum absolute atomic E-state index is 12.0. The standard InChI is InChI=1S/C13H24N4OS/c1-5-6-15-13-17-11(14)10(19-13)12(18)16-7-9(4)8(2)3/h8-9H,5-7,14H2,1-4H3,(H,15,17)(H,16,18). The molecule has 0 saturated heterocycles. The van der Waals surface area contributed by atoms with Crippen LogP contribution in [0.2, 0.25) is 0 Å². The zero-order valence-corrected chi connectivity index (χ0v) is 12.9. The summed E-state index contributed by atoms with van der Waals surface area (Å²) in [5, 5.41) is 6.76. The van der Waals surface area contributed by atoms with E-state index in [-0.39, 0.29) is 5.91 Å². The molecule has 6 heteroatoms. The third kappa shape index (κ3) is 4.70. The quantitative estimate of drug-likeness (QED) is 0.719. The number of aromatic nitrogens is 1. The van der Waals surface area contributed by atoms with E-state index in [4.69, 9.17) is 5.73 Å². The molecule has 5 nitrogen and oxygen atoms in total. The monoisotopic (exact) mass is 284 g/mol. The minimum atomic E-state index is -0.132. The van der Waals surface area contributed by atoms with Crippen LogP contribution in [-0.2, 0) is 0 Å². The second-order valence-corrected chi connectivity index (χ2v) is 6.09. The summed E-state index contributed by atoms with van der Waals surface area (Å²) in [4.78, 5) is 16.7. The maximum atomic E-state index is 12.0. The van der Waals surface area contributed by atoms with Crippen molar-refractivity contribution in [3.05, 3.63) is 4.88 Å². The van der Waals surface area contributed by atoms with Crippen molar-refractivity contribution in [1.29, 1.82) is 0 Å². The molecule has 0 aliphatic heterocycles. The first-order valence-electron chi connectivity index (χ1n) is 6.74. The Labute approximate surface area is 119 Å². The van der Waals surface area contributed by atoms with Crippen molar-refractivity contribution >= 4 is 28.2 Å². The van der Waals surface area contributed by atoms with E-state index in [1.165, 1.54) is 11.3 Å². The summed E-state index contributed by atoms with van der Waals surface area (Å²) in [5.74, 6) is 1.15. The molecule has 4 N–H and O–H groups in total. The number of nitrogens with two attached hydrogens (primary N) is 1. The molecule has 1 aromatic heterocycles. The summed E-state index contributed by atoms with van der Waals surface area (Å²) in [6, 6.07) is 0. The van der Waals surface area contributed by atoms with Crippen molar-refractivity contribution < 1.29 is 4.79 Å². The van der Waals surface area contributed by atoms with Crippen LogP contribution in [0, 0.1) is 11.8 Å². The van der Waals surface area contributed by atoms with Crippen molar-refractivity contribution in [2.45, 2.75) is 34.1 Å². The number of amides is 1. The van der Waals surface area contributed by atoms with Gasteiger partial charge in [-0.1, -0.05) is 39.0 Å². The van der Waals surface area contributed by atoms with Gasteiger partial charge < -0.3 is 16.4 Å². The SMILES string of the molecule is CCCNc1nc(N)c(C(=O)NCC(C)C(C)C)s1. The Morgan fingerprint density at radius 2 is 2.11 bits per heavy atom. The average Bonchev–Trinajstić information content (AvgIpc) is 2.74. The lowest BCUT2D eigenvalue weighted by Gasteiger charge is -2.15. The molecule has 0 fully saturated rings. The average molecular weight is 284 g/mol. The van der Waals surface area contributed by atoms with Crippen LogP contribution in [0.1, 0.15) is 43.8 Å². The smallest absolute Gasteiger partial charge is 0.265 e. The van der Waals surface area contributed by atoms with Crippen LogP contribution in [-0.4, -0.2) is 24.0 Å². The molecule has 1 heterocycles. The topological polar surface area (TPSA) is 80.0 Å². The van der Waals surface area contributed by atoms with E-state index >= 15 is 0 Å². The van der Waals surface area contributed by atoms with Crippen LogP contribution in [0.25, 0.3) is 0 Å². The zero-order valence-electron chi connectivity index (χ0n) is 12.1. The van der Waals surface area contributed by atoms with Gasteiger partial charge in [-0.3, -0.25) is 4.79 Å². The summed E-state index contributed by atoms with van der Waals surface area (Å²) in [6.45, 7) is 9.97. The zero-order chi connectivity index (χ0) is 14.4. The Kier molecular flexibility index (Phi) is 6.08. The van der Waals surface area contributed by atoms with Crippen LogP contribution < -0.4 is 16.4 Å². The number of hydrogen-bond donors (Lipinski definition) is 3. The first-order valence-corrected chi connectivity index (χ1v) is 7.55. The molecule has 0 aliphatic carbocycles. The molecule has 0 aliphatic rings. The molecular weight excluding hydrogens is 260 g/mol. The third-order valence-corrected chi connectivity index (χ3v) is 4.14. The Hall–Kier alpha value is -1.30. The lowest BCUT2D eigenvalue weighted by atomic mass is 9.98. The normalized spacial score (nSPS) is 12.5. The van der Waals surface area contributed by atoms with E-state index in [9.17, 15) is 4.79 Å². The molecule has 0 spiro atoms. The highest BCUT2D eigenvalue weighted by molar-refractivity contribution is 7.18. The molecule has 1 atom stereocenters. The highest BCUT2D eigenvalue weighted by Crippen LogP contribution is 2.24. The second kappa shape index (κ2) is 7.33. The summed E-state index contributed by atoms with van der Waals surface area (Å²) in [7, 11) is 0. The first kappa shape index (κ1) is 15.8. The highest BCUT2D eigenvalue weighted by atomic mass is 32.1. The van der Waals surface area contributed by atoms with E-state index in [0.717, 1.165) is 13.0 Å². The number of hydrogen-bond acceptors (Lipinski definition) is 5. The molecule has 0 bridgehead atoms. The van der Waals surface area contributed by atoms with Crippen LogP contribution in [0.4, 0.5) is 10.9 Å². The predicted octanol–water partition coefficient (Wildman–Crippen LogP) is 2.57. The van der Waals surface area contributed by atoms with E-state index < -0.39 is 0 Å². The summed E-state index contributed by atoms with van der Waals surface area (Å²) in [5.41, 5.74) is 5.78. The van der Waals surface area contributed by atoms with Crippen molar-refractivity contribution in [3.63, 3.8) is 0 Å². The second-order valence-electron chi connectivity index (χ2n) is 5.09. The van der Waals surface area contributed by atoms with Gasteiger partial charge in [0.1, 0.15) is 10.7 Å². The minimum absolute atomic E-state index is 0.132. The number of anilines is 2. The molecule has 1 unspecified atom stereocenters. The van der Waals surface area contributed by atoms with Gasteiger partial charge in [0.25, 0.3) is 5.91 Å². The molecule has 0 aromatic carbocycles. The van der Waals surface area contributed by atoms with Gasteiger partial charge in [0, 0.05) is 13.1 Å². The van der Waals surface area contributed by atoms with Gasteiger partial charge in [-0.15, -0.1) is 0 Å². The minimum Gasteiger partial charge on any atom is -0.382 e. The van der Waals surface area contributed by atoms with Crippen molar-refractivity contribution in [2.24, 2.45) is 11.8 Å². The van der Waals surface area contributed by atoms with E-state index in [1.807, 2.05) is 0 Å². The van der Waals surface area contributed by atoms with Crippen molar-refractivity contribution in [3.8, 4) is 0 Å². The summed E-state index contributed by atoms with van der Waals surface area (Å²) < 4.78 is 0. The Bertz CT molecular complexity index is 417. The van der Waals surface area contributed by atoms with Crippen LogP contribution >= 0.6 is 11.3 Å². The molecule has 0 radical (unpaired) electrons. The molecule has 1 amide bonds. The van der Waals surface area contributed by atoms with Gasteiger partial charge in [-0.05, 0) is 18.3 Å². The van der Waals surface area contributed by atoms with Gasteiger partial charge in [0.05, 0.1) is 0 Å². The molecular formula is C13H24N4OS. The highest BCUT2D eigenvalue weighted by Gasteiger charge is 2.17. The van der Waals surface area contributed by atoms with Crippen molar-refractivity contribution in [1.82, 2.24) is 10.3 Å². The maximum Gasteiger partial charge on any atom is 0.265 e. The van der Waals surface area contributed by atoms with Crippen molar-refractivity contribution in [2.75, 3.05) is 24.1 Å². The predicted molar refractivity (Wildman–Crippen MR) is 81.6 cm³/mol. The van der Waals surface area contributed by atoms with Gasteiger partial charge in [-0.2, -0.15) is 0 Å². The molecule has 1 rings (SSSR count). The lowest BCUT2D eigenvalue weighted by Crippen LogP contribution is -2.30. The summed E-state index contributed by atoms with van der Waals surface area (Å²) >= 11 is 1.31. The number of rotatable bonds is 7. The number of carbonyl (C=O) groups excluding carboxylic acids is 1. The number of nitrogens with zero attached hydrogens (tertiary/aromatic N) is 1. The fraction of sp³-hybridized carbons (Fsp3) is 0.692. The molecule has 0 saturated carbocycles. The fourth-order valence-corrected chi connectivity index (χ4v) is 2.20. The van der Waals surface area contributed by atoms with Gasteiger partial charge in [0.15, 0.2) is 5.13 Å². The Morgan fingerprint density at radius 3 is 2.68 bits per heavy atom. The first-order chi connectivity index (χ1) is 8.95. The number of nitrogen functional groups attached to an aromatic ring is 1. The van der Waals surface area contributed by atoms with Gasteiger partial charge in [0.2, 0.25) is 0 Å². The molecule has 1 aromatic rings. The van der Waals surface area contributed by atoms with Gasteiger partial charge >= 0.3 is 0 Å². The largest absolute Gasteiger partial charge is 0.382 e. The van der Waals surface area contributed by atoms with E-state index in [1.54, 1.807) is 0 Å². The summed E-state index contributed by atoms with van der Waals surface area (Å²) in [6.07, 6.45) is 1.01. The van der Waals surface area contributed by atoms with E-state index in [0.29, 0.717) is 34.2 Å². The number of carbonyl (C=O) groups is 1. The fourth-order valence-electron chi connectivity index (χ4n) is 1.37. The lowest BCUT2D eigenvalue weighted by molar-refractivity contribution is 0.0949. The van der Waals surface area contributed by atoms with Crippen LogP contribution in [0.5, 0.6) is 0 Å². The van der Waals surface area contributed by atoms with Gasteiger partial charge in [-0.25, -0.2) is 4.98 Å². The van der Waals surface area contributed by atoms with Crippen LogP contribution in [0.3, 0.4) is 0 Å². The molecule has 19 heavy (non-hydrogen) atoms. The Balaban J connectivity index is 2.59. The van der Waals surface area contributed by atoms with Crippen LogP contribution in [0.15, 0.2) is 0 Å². The third-order valence-electron chi connectivity index (χ3n) is 3.11. The van der Waals surface area contributed by atoms with E-state index in [2.05, 4.69) is 43.3 Å². The molecule has 108 valence electrons.